The summed E-state index contributed by atoms with van der Waals surface area (Å²) >= 11 is 7.03. The first-order valence-corrected chi connectivity index (χ1v) is 6.93. The Morgan fingerprint density at radius 1 is 1.20 bits per heavy atom. The standard InChI is InChI=1S/C14H8ClNO3S/c15-10-1-5-13-9(7-10)8-11(19-13)2-3-12-4-6-14(20-12)16(17)18/h1-8H/b3-2+. The Kier molecular flexibility index (Phi) is 3.30. The van der Waals surface area contributed by atoms with E-state index in [9.17, 15) is 10.1 Å². The van der Waals surface area contributed by atoms with Crippen LogP contribution in [-0.2, 0) is 0 Å². The maximum Gasteiger partial charge on any atom is 0.324 e. The van der Waals surface area contributed by atoms with Gasteiger partial charge in [0.1, 0.15) is 11.3 Å². The van der Waals surface area contributed by atoms with Crippen LogP contribution in [-0.4, -0.2) is 4.92 Å². The molecular weight excluding hydrogens is 298 g/mol. The summed E-state index contributed by atoms with van der Waals surface area (Å²) in [6.07, 6.45) is 3.57. The molecule has 0 saturated heterocycles. The van der Waals surface area contributed by atoms with Crippen LogP contribution in [0.15, 0.2) is 40.8 Å². The molecule has 0 fully saturated rings. The third kappa shape index (κ3) is 2.59. The Hall–Kier alpha value is -2.11. The highest BCUT2D eigenvalue weighted by Gasteiger charge is 2.08. The SMILES string of the molecule is O=[N+]([O-])c1ccc(/C=C/c2cc3cc(Cl)ccc3o2)s1. The molecule has 1 aromatic carbocycles. The lowest BCUT2D eigenvalue weighted by Gasteiger charge is -1.87. The van der Waals surface area contributed by atoms with E-state index in [2.05, 4.69) is 0 Å². The minimum absolute atomic E-state index is 0.126. The van der Waals surface area contributed by atoms with Crippen molar-refractivity contribution in [3.8, 4) is 0 Å². The maximum absolute atomic E-state index is 10.6. The molecule has 0 radical (unpaired) electrons. The molecule has 100 valence electrons. The quantitative estimate of drug-likeness (QED) is 0.492. The number of hydrogen-bond acceptors (Lipinski definition) is 4. The fraction of sp³-hybridized carbons (Fsp3) is 0. The molecule has 0 aliphatic heterocycles. The van der Waals surface area contributed by atoms with Gasteiger partial charge in [0.05, 0.1) is 4.92 Å². The van der Waals surface area contributed by atoms with E-state index in [0.717, 1.165) is 27.2 Å². The fourth-order valence-corrected chi connectivity index (χ4v) is 2.72. The molecular formula is C14H8ClNO3S. The number of nitrogens with zero attached hydrogens (tertiary/aromatic N) is 1. The fourth-order valence-electron chi connectivity index (χ4n) is 1.81. The largest absolute Gasteiger partial charge is 0.457 e. The van der Waals surface area contributed by atoms with Crippen LogP contribution < -0.4 is 0 Å². The number of rotatable bonds is 3. The van der Waals surface area contributed by atoms with E-state index in [4.69, 9.17) is 16.0 Å². The van der Waals surface area contributed by atoms with Crippen LogP contribution in [0.4, 0.5) is 5.00 Å². The minimum Gasteiger partial charge on any atom is -0.457 e. The molecule has 3 rings (SSSR count). The molecule has 0 aliphatic carbocycles. The van der Waals surface area contributed by atoms with Crippen molar-refractivity contribution in [1.82, 2.24) is 0 Å². The van der Waals surface area contributed by atoms with Gasteiger partial charge in [0.2, 0.25) is 0 Å². The van der Waals surface area contributed by atoms with Crippen molar-refractivity contribution in [3.63, 3.8) is 0 Å². The number of thiophene rings is 1. The molecule has 0 bridgehead atoms. The zero-order valence-electron chi connectivity index (χ0n) is 10.1. The highest BCUT2D eigenvalue weighted by Crippen LogP contribution is 2.27. The third-order valence-corrected chi connectivity index (χ3v) is 3.94. The Labute approximate surface area is 123 Å². The van der Waals surface area contributed by atoms with Gasteiger partial charge in [-0.25, -0.2) is 0 Å². The zero-order valence-corrected chi connectivity index (χ0v) is 11.6. The molecule has 2 aromatic heterocycles. The van der Waals surface area contributed by atoms with E-state index in [1.54, 1.807) is 24.3 Å². The second-order valence-electron chi connectivity index (χ2n) is 4.10. The molecule has 0 N–H and O–H groups in total. The summed E-state index contributed by atoms with van der Waals surface area (Å²) in [5.74, 6) is 0.679. The molecule has 20 heavy (non-hydrogen) atoms. The van der Waals surface area contributed by atoms with Crippen LogP contribution in [0.25, 0.3) is 23.1 Å². The van der Waals surface area contributed by atoms with E-state index in [1.165, 1.54) is 6.07 Å². The normalized spacial score (nSPS) is 11.4. The van der Waals surface area contributed by atoms with Crippen molar-refractivity contribution in [2.24, 2.45) is 0 Å². The second kappa shape index (κ2) is 5.11. The Morgan fingerprint density at radius 2 is 2.05 bits per heavy atom. The number of benzene rings is 1. The Balaban J connectivity index is 1.87. The smallest absolute Gasteiger partial charge is 0.324 e. The predicted molar refractivity (Wildman–Crippen MR) is 81.1 cm³/mol. The molecule has 0 amide bonds. The molecule has 2 heterocycles. The van der Waals surface area contributed by atoms with Crippen molar-refractivity contribution in [2.45, 2.75) is 0 Å². The zero-order chi connectivity index (χ0) is 14.1. The van der Waals surface area contributed by atoms with Crippen molar-refractivity contribution in [1.29, 1.82) is 0 Å². The van der Waals surface area contributed by atoms with Crippen molar-refractivity contribution in [2.75, 3.05) is 0 Å². The summed E-state index contributed by atoms with van der Waals surface area (Å²) in [6, 6.07) is 10.5. The van der Waals surface area contributed by atoms with Gasteiger partial charge in [-0.3, -0.25) is 10.1 Å². The predicted octanol–water partition coefficient (Wildman–Crippen LogP) is 5.23. The molecule has 3 aromatic rings. The van der Waals surface area contributed by atoms with Crippen molar-refractivity contribution < 1.29 is 9.34 Å². The van der Waals surface area contributed by atoms with E-state index >= 15 is 0 Å². The molecule has 0 unspecified atom stereocenters. The van der Waals surface area contributed by atoms with Gasteiger partial charge in [0, 0.05) is 21.4 Å². The van der Waals surface area contributed by atoms with Gasteiger partial charge >= 0.3 is 5.00 Å². The van der Waals surface area contributed by atoms with Gasteiger partial charge in [-0.15, -0.1) is 0 Å². The first-order valence-electron chi connectivity index (χ1n) is 5.73. The van der Waals surface area contributed by atoms with E-state index in [-0.39, 0.29) is 5.00 Å². The van der Waals surface area contributed by atoms with Crippen LogP contribution in [0.3, 0.4) is 0 Å². The number of furan rings is 1. The van der Waals surface area contributed by atoms with Crippen LogP contribution >= 0.6 is 22.9 Å². The molecule has 4 nitrogen and oxygen atoms in total. The lowest BCUT2D eigenvalue weighted by molar-refractivity contribution is -0.380. The van der Waals surface area contributed by atoms with Crippen molar-refractivity contribution in [3.05, 3.63) is 62.2 Å². The van der Waals surface area contributed by atoms with Gasteiger partial charge in [0.25, 0.3) is 0 Å². The van der Waals surface area contributed by atoms with Gasteiger partial charge in [-0.05, 0) is 42.5 Å². The summed E-state index contributed by atoms with van der Waals surface area (Å²) in [7, 11) is 0. The first-order chi connectivity index (χ1) is 9.61. The van der Waals surface area contributed by atoms with Gasteiger partial charge in [-0.1, -0.05) is 22.9 Å². The first kappa shape index (κ1) is 12.9. The molecule has 0 saturated carbocycles. The maximum atomic E-state index is 10.6. The number of nitro groups is 1. The van der Waals surface area contributed by atoms with Crippen LogP contribution in [0.5, 0.6) is 0 Å². The topological polar surface area (TPSA) is 56.3 Å². The number of hydrogen-bond donors (Lipinski definition) is 0. The highest BCUT2D eigenvalue weighted by atomic mass is 35.5. The summed E-state index contributed by atoms with van der Waals surface area (Å²) in [5, 5.41) is 12.3. The van der Waals surface area contributed by atoms with Crippen LogP contribution in [0.1, 0.15) is 10.6 Å². The second-order valence-corrected chi connectivity index (χ2v) is 5.63. The lowest BCUT2D eigenvalue weighted by Crippen LogP contribution is -1.80. The van der Waals surface area contributed by atoms with Crippen molar-refractivity contribution >= 4 is 51.1 Å². The lowest BCUT2D eigenvalue weighted by atomic mass is 10.2. The number of halogens is 1. The van der Waals surface area contributed by atoms with Gasteiger partial charge in [-0.2, -0.15) is 0 Å². The van der Waals surface area contributed by atoms with Crippen LogP contribution in [0.2, 0.25) is 5.02 Å². The molecule has 0 aliphatic rings. The van der Waals surface area contributed by atoms with E-state index < -0.39 is 4.92 Å². The van der Waals surface area contributed by atoms with Crippen LogP contribution in [0, 0.1) is 10.1 Å². The third-order valence-electron chi connectivity index (χ3n) is 2.70. The summed E-state index contributed by atoms with van der Waals surface area (Å²) in [5.41, 5.74) is 0.756. The molecule has 0 atom stereocenters. The summed E-state index contributed by atoms with van der Waals surface area (Å²) in [6.45, 7) is 0. The van der Waals surface area contributed by atoms with Gasteiger partial charge in [0.15, 0.2) is 0 Å². The Morgan fingerprint density at radius 3 is 2.80 bits per heavy atom. The average molecular weight is 306 g/mol. The van der Waals surface area contributed by atoms with E-state index in [0.29, 0.717) is 10.8 Å². The minimum atomic E-state index is -0.398. The number of fused-ring (bicyclic) bond motifs is 1. The molecule has 6 heteroatoms. The van der Waals surface area contributed by atoms with E-state index in [1.807, 2.05) is 18.2 Å². The van der Waals surface area contributed by atoms with Gasteiger partial charge < -0.3 is 4.42 Å². The Bertz CT molecular complexity index is 819. The summed E-state index contributed by atoms with van der Waals surface area (Å²) < 4.78 is 5.62. The highest BCUT2D eigenvalue weighted by molar-refractivity contribution is 7.16. The summed E-state index contributed by atoms with van der Waals surface area (Å²) in [4.78, 5) is 11.0. The molecule has 0 spiro atoms. The monoisotopic (exact) mass is 305 g/mol. The average Bonchev–Trinajstić information content (AvgIpc) is 3.01.